The minimum atomic E-state index is -3.45. The molecule has 6 nitrogen and oxygen atoms in total. The van der Waals surface area contributed by atoms with Gasteiger partial charge in [-0.3, -0.25) is 19.1 Å². The van der Waals surface area contributed by atoms with Gasteiger partial charge in [0.2, 0.25) is 0 Å². The molecule has 7 heteroatoms. The summed E-state index contributed by atoms with van der Waals surface area (Å²) in [6.07, 6.45) is 0. The van der Waals surface area contributed by atoms with Crippen LogP contribution >= 0.6 is 7.60 Å². The van der Waals surface area contributed by atoms with E-state index >= 15 is 0 Å². The van der Waals surface area contributed by atoms with Gasteiger partial charge in [-0.1, -0.05) is 0 Å². The third kappa shape index (κ3) is 1.56. The Kier molecular flexibility index (Phi) is 2.99. The van der Waals surface area contributed by atoms with Gasteiger partial charge in [0.1, 0.15) is 0 Å². The molecule has 0 aromatic carbocycles. The monoisotopic (exact) mass is 220 g/mol. The van der Waals surface area contributed by atoms with Crippen molar-refractivity contribution in [3.63, 3.8) is 0 Å². The second-order valence-corrected chi connectivity index (χ2v) is 4.98. The lowest BCUT2D eigenvalue weighted by atomic mass is 10.5. The molecule has 1 heterocycles. The number of aromatic amines is 1. The topological polar surface area (TPSA) is 73.3 Å². The molecule has 80 valence electrons. The molecule has 0 aliphatic heterocycles. The van der Waals surface area contributed by atoms with Gasteiger partial charge >= 0.3 is 7.60 Å². The van der Waals surface area contributed by atoms with E-state index in [4.69, 9.17) is 9.05 Å². The van der Waals surface area contributed by atoms with Crippen molar-refractivity contribution in [2.24, 2.45) is 7.05 Å². The van der Waals surface area contributed by atoms with E-state index in [2.05, 4.69) is 5.10 Å². The maximum absolute atomic E-state index is 11.9. The second-order valence-electron chi connectivity index (χ2n) is 2.81. The number of nitrogens with one attached hydrogen (secondary N) is 1. The van der Waals surface area contributed by atoms with Crippen molar-refractivity contribution in [1.29, 1.82) is 0 Å². The van der Waals surface area contributed by atoms with E-state index in [0.29, 0.717) is 5.69 Å². The van der Waals surface area contributed by atoms with Gasteiger partial charge < -0.3 is 9.05 Å². The highest BCUT2D eigenvalue weighted by Crippen LogP contribution is 2.44. The lowest BCUT2D eigenvalue weighted by molar-refractivity contribution is 0.287. The Morgan fingerprint density at radius 1 is 1.36 bits per heavy atom. The van der Waals surface area contributed by atoms with Gasteiger partial charge in [0, 0.05) is 27.0 Å². The molecule has 0 radical (unpaired) electrons. The first kappa shape index (κ1) is 11.2. The number of H-pyrrole nitrogens is 1. The van der Waals surface area contributed by atoms with Crippen molar-refractivity contribution >= 4 is 12.9 Å². The first-order valence-electron chi connectivity index (χ1n) is 3.94. The summed E-state index contributed by atoms with van der Waals surface area (Å²) in [4.78, 5) is 11.6. The lowest BCUT2D eigenvalue weighted by Gasteiger charge is -2.10. The predicted octanol–water partition coefficient (Wildman–Crippen LogP) is 0.133. The maximum atomic E-state index is 11.9. The summed E-state index contributed by atoms with van der Waals surface area (Å²) in [7, 11) is 0.576. The molecule has 0 atom stereocenters. The minimum absolute atomic E-state index is 0.0602. The predicted molar refractivity (Wildman–Crippen MR) is 52.0 cm³/mol. The zero-order chi connectivity index (χ0) is 10.9. The number of nitrogens with zero attached hydrogens (tertiary/aromatic N) is 1. The minimum Gasteiger partial charge on any atom is -0.308 e. The van der Waals surface area contributed by atoms with E-state index in [9.17, 15) is 9.36 Å². The summed E-state index contributed by atoms with van der Waals surface area (Å²) >= 11 is 0. The molecule has 0 saturated heterocycles. The largest absolute Gasteiger partial charge is 0.368 e. The number of hydrogen-bond donors (Lipinski definition) is 1. The highest BCUT2D eigenvalue weighted by molar-refractivity contribution is 7.62. The van der Waals surface area contributed by atoms with Crippen LogP contribution in [0.3, 0.4) is 0 Å². The standard InChI is InChI=1S/C7H13N2O4P/c1-5-6(7(10)9(2)8-5)14(11,12-3)13-4/h8H,1-4H3. The van der Waals surface area contributed by atoms with Crippen molar-refractivity contribution in [1.82, 2.24) is 9.78 Å². The van der Waals surface area contributed by atoms with Crippen LogP contribution in [0, 0.1) is 6.92 Å². The Bertz CT molecular complexity index is 425. The fraction of sp³-hybridized carbons (Fsp3) is 0.571. The molecule has 0 spiro atoms. The first-order chi connectivity index (χ1) is 6.46. The quantitative estimate of drug-likeness (QED) is 0.735. The zero-order valence-electron chi connectivity index (χ0n) is 8.53. The normalized spacial score (nSPS) is 12.0. The highest BCUT2D eigenvalue weighted by Gasteiger charge is 2.32. The first-order valence-corrected chi connectivity index (χ1v) is 5.48. The Morgan fingerprint density at radius 2 is 1.86 bits per heavy atom. The molecular formula is C7H13N2O4P. The van der Waals surface area contributed by atoms with E-state index in [1.54, 1.807) is 6.92 Å². The van der Waals surface area contributed by atoms with Crippen molar-refractivity contribution in [2.45, 2.75) is 6.92 Å². The summed E-state index contributed by atoms with van der Waals surface area (Å²) in [5, 5.41) is 2.78. The van der Waals surface area contributed by atoms with E-state index in [-0.39, 0.29) is 5.30 Å². The summed E-state index contributed by atoms with van der Waals surface area (Å²) in [6, 6.07) is 0. The zero-order valence-corrected chi connectivity index (χ0v) is 9.42. The van der Waals surface area contributed by atoms with E-state index in [1.807, 2.05) is 0 Å². The smallest absolute Gasteiger partial charge is 0.308 e. The van der Waals surface area contributed by atoms with Gasteiger partial charge in [-0.05, 0) is 6.92 Å². The number of rotatable bonds is 3. The Balaban J connectivity index is 3.46. The van der Waals surface area contributed by atoms with Crippen LogP contribution in [-0.2, 0) is 20.7 Å². The molecular weight excluding hydrogens is 207 g/mol. The van der Waals surface area contributed by atoms with Crippen LogP contribution in [0.4, 0.5) is 0 Å². The van der Waals surface area contributed by atoms with Crippen molar-refractivity contribution in [2.75, 3.05) is 14.2 Å². The van der Waals surface area contributed by atoms with Gasteiger partial charge in [0.15, 0.2) is 5.30 Å². The molecule has 1 N–H and O–H groups in total. The van der Waals surface area contributed by atoms with Gasteiger partial charge in [-0.15, -0.1) is 0 Å². The molecule has 1 aromatic rings. The molecule has 0 fully saturated rings. The Labute approximate surface area is 81.3 Å². The number of hydrogen-bond acceptors (Lipinski definition) is 4. The maximum Gasteiger partial charge on any atom is 0.368 e. The van der Waals surface area contributed by atoms with Gasteiger partial charge in [0.05, 0.1) is 0 Å². The van der Waals surface area contributed by atoms with Crippen molar-refractivity contribution < 1.29 is 13.6 Å². The lowest BCUT2D eigenvalue weighted by Crippen LogP contribution is -2.28. The van der Waals surface area contributed by atoms with Crippen LogP contribution in [0.15, 0.2) is 4.79 Å². The van der Waals surface area contributed by atoms with E-state index in [0.717, 1.165) is 0 Å². The fourth-order valence-electron chi connectivity index (χ4n) is 1.25. The summed E-state index contributed by atoms with van der Waals surface area (Å²) in [5.41, 5.74) is 0.0964. The van der Waals surface area contributed by atoms with Crippen LogP contribution in [0.25, 0.3) is 0 Å². The number of aryl methyl sites for hydroxylation is 2. The third-order valence-corrected chi connectivity index (χ3v) is 3.99. The Morgan fingerprint density at radius 3 is 2.14 bits per heavy atom. The van der Waals surface area contributed by atoms with Gasteiger partial charge in [-0.2, -0.15) is 0 Å². The summed E-state index contributed by atoms with van der Waals surface area (Å²) < 4.78 is 22.7. The van der Waals surface area contributed by atoms with Crippen molar-refractivity contribution in [3.05, 3.63) is 16.0 Å². The Hall–Kier alpha value is -0.840. The fourth-order valence-corrected chi connectivity index (χ4v) is 2.61. The molecule has 1 aromatic heterocycles. The highest BCUT2D eigenvalue weighted by atomic mass is 31.2. The third-order valence-electron chi connectivity index (χ3n) is 1.95. The molecule has 1 rings (SSSR count). The van der Waals surface area contributed by atoms with E-state index in [1.165, 1.54) is 25.9 Å². The molecule has 0 unspecified atom stereocenters. The summed E-state index contributed by atoms with van der Waals surface area (Å²) in [6.45, 7) is 1.64. The SMILES string of the molecule is COP(=O)(OC)c1c(C)[nH]n(C)c1=O. The van der Waals surface area contributed by atoms with Gasteiger partial charge in [-0.25, -0.2) is 0 Å². The van der Waals surface area contributed by atoms with Crippen LogP contribution in [0.5, 0.6) is 0 Å². The van der Waals surface area contributed by atoms with Crippen molar-refractivity contribution in [3.8, 4) is 0 Å². The second kappa shape index (κ2) is 3.73. The molecule has 0 aliphatic rings. The molecule has 14 heavy (non-hydrogen) atoms. The molecule has 0 amide bonds. The number of aromatic nitrogens is 2. The molecule has 0 aliphatic carbocycles. The molecule has 0 saturated carbocycles. The van der Waals surface area contributed by atoms with E-state index < -0.39 is 13.2 Å². The van der Waals surface area contributed by atoms with Gasteiger partial charge in [0.25, 0.3) is 5.56 Å². The van der Waals surface area contributed by atoms with Crippen LogP contribution in [-0.4, -0.2) is 24.0 Å². The van der Waals surface area contributed by atoms with Crippen LogP contribution in [0.2, 0.25) is 0 Å². The van der Waals surface area contributed by atoms with Crippen LogP contribution in [0.1, 0.15) is 5.69 Å². The van der Waals surface area contributed by atoms with Crippen LogP contribution < -0.4 is 10.9 Å². The average molecular weight is 220 g/mol. The molecule has 0 bridgehead atoms. The average Bonchev–Trinajstić information content (AvgIpc) is 2.41. The summed E-state index contributed by atoms with van der Waals surface area (Å²) in [5.74, 6) is 0.